The van der Waals surface area contributed by atoms with Crippen LogP contribution in [0.5, 0.6) is 0 Å². The molecule has 6 heteroatoms. The summed E-state index contributed by atoms with van der Waals surface area (Å²) in [6.45, 7) is 6.69. The predicted octanol–water partition coefficient (Wildman–Crippen LogP) is 24.2. The summed E-state index contributed by atoms with van der Waals surface area (Å²) in [6.07, 6.45) is 82.2. The first-order valence-corrected chi connectivity index (χ1v) is 35.3. The van der Waals surface area contributed by atoms with Gasteiger partial charge in [0, 0.05) is 19.3 Å². The van der Waals surface area contributed by atoms with Gasteiger partial charge in [0.25, 0.3) is 0 Å². The van der Waals surface area contributed by atoms with Gasteiger partial charge >= 0.3 is 17.9 Å². The number of esters is 3. The molecule has 0 aliphatic rings. The number of unbranched alkanes of at least 4 members (excludes halogenated alkanes) is 51. The van der Waals surface area contributed by atoms with Crippen molar-refractivity contribution in [2.45, 2.75) is 406 Å². The van der Waals surface area contributed by atoms with Crippen LogP contribution >= 0.6 is 0 Å². The van der Waals surface area contributed by atoms with E-state index in [4.69, 9.17) is 14.2 Å². The predicted molar refractivity (Wildman–Crippen MR) is 340 cm³/mol. The van der Waals surface area contributed by atoms with Crippen LogP contribution in [-0.2, 0) is 28.6 Å². The second-order valence-electron chi connectivity index (χ2n) is 24.1. The molecule has 0 aromatic rings. The Morgan fingerprint density at radius 3 is 0.654 bits per heavy atom. The summed E-state index contributed by atoms with van der Waals surface area (Å²) in [6, 6.07) is 0. The molecule has 0 heterocycles. The lowest BCUT2D eigenvalue weighted by Gasteiger charge is -2.18. The van der Waals surface area contributed by atoms with Gasteiger partial charge in [-0.05, 0) is 70.6 Å². The first-order valence-electron chi connectivity index (χ1n) is 35.3. The summed E-state index contributed by atoms with van der Waals surface area (Å²) < 4.78 is 17.0. The quantitative estimate of drug-likeness (QED) is 0.0261. The Labute approximate surface area is 487 Å². The molecule has 0 aliphatic carbocycles. The average molecular weight is 1100 g/mol. The van der Waals surface area contributed by atoms with Gasteiger partial charge in [-0.1, -0.05) is 334 Å². The van der Waals surface area contributed by atoms with Crippen molar-refractivity contribution in [3.8, 4) is 0 Å². The molecule has 1 unspecified atom stereocenters. The van der Waals surface area contributed by atoms with Gasteiger partial charge < -0.3 is 14.2 Å². The minimum absolute atomic E-state index is 0.0705. The maximum atomic E-state index is 12.9. The normalized spacial score (nSPS) is 12.1. The topological polar surface area (TPSA) is 78.9 Å². The minimum atomic E-state index is -0.775. The van der Waals surface area contributed by atoms with Crippen molar-refractivity contribution in [1.29, 1.82) is 0 Å². The third kappa shape index (κ3) is 64.7. The summed E-state index contributed by atoms with van der Waals surface area (Å²) in [5.74, 6) is -0.856. The van der Waals surface area contributed by atoms with Crippen LogP contribution in [0.4, 0.5) is 0 Å². The van der Waals surface area contributed by atoms with Crippen LogP contribution in [0.1, 0.15) is 400 Å². The molecule has 460 valence electrons. The molecular weight excluding hydrogens is 961 g/mol. The van der Waals surface area contributed by atoms with Crippen molar-refractivity contribution < 1.29 is 28.6 Å². The molecule has 0 bridgehead atoms. The van der Waals surface area contributed by atoms with Gasteiger partial charge in [-0.15, -0.1) is 0 Å². The molecule has 0 N–H and O–H groups in total. The number of hydrogen-bond acceptors (Lipinski definition) is 6. The molecule has 0 fully saturated rings. The van der Waals surface area contributed by atoms with Crippen molar-refractivity contribution in [2.24, 2.45) is 0 Å². The Bertz CT molecular complexity index is 1260. The largest absolute Gasteiger partial charge is 0.462 e. The Hall–Kier alpha value is -2.11. The molecule has 0 saturated heterocycles. The summed E-state index contributed by atoms with van der Waals surface area (Å²) >= 11 is 0. The van der Waals surface area contributed by atoms with Crippen molar-refractivity contribution in [1.82, 2.24) is 0 Å². The number of hydrogen-bond donors (Lipinski definition) is 0. The lowest BCUT2D eigenvalue weighted by Crippen LogP contribution is -2.30. The molecule has 0 aliphatic heterocycles. The highest BCUT2D eigenvalue weighted by molar-refractivity contribution is 5.71. The smallest absolute Gasteiger partial charge is 0.306 e. The fourth-order valence-electron chi connectivity index (χ4n) is 10.8. The summed E-state index contributed by atoms with van der Waals surface area (Å²) in [4.78, 5) is 38.4. The van der Waals surface area contributed by atoms with Crippen LogP contribution in [-0.4, -0.2) is 37.2 Å². The monoisotopic (exact) mass is 1100 g/mol. The second-order valence-corrected chi connectivity index (χ2v) is 24.1. The molecule has 0 radical (unpaired) electrons. The maximum absolute atomic E-state index is 12.9. The van der Waals surface area contributed by atoms with Gasteiger partial charge in [0.2, 0.25) is 0 Å². The van der Waals surface area contributed by atoms with Crippen molar-refractivity contribution in [3.63, 3.8) is 0 Å². The van der Waals surface area contributed by atoms with Crippen LogP contribution in [0.2, 0.25) is 0 Å². The van der Waals surface area contributed by atoms with E-state index in [0.717, 1.165) is 64.2 Å². The Balaban J connectivity index is 4.16. The molecule has 0 amide bonds. The maximum Gasteiger partial charge on any atom is 0.306 e. The fraction of sp³-hybridized carbons (Fsp3) is 0.903. The van der Waals surface area contributed by atoms with E-state index in [1.165, 1.54) is 295 Å². The van der Waals surface area contributed by atoms with Crippen molar-refractivity contribution in [2.75, 3.05) is 13.2 Å². The third-order valence-electron chi connectivity index (χ3n) is 16.2. The second kappa shape index (κ2) is 67.4. The van der Waals surface area contributed by atoms with E-state index in [2.05, 4.69) is 45.1 Å². The Morgan fingerprint density at radius 1 is 0.244 bits per heavy atom. The summed E-state index contributed by atoms with van der Waals surface area (Å²) in [5.41, 5.74) is 0. The SMILES string of the molecule is CCCCCC/C=C\CCCCCCCC(=O)OCC(COC(=O)CCCCCCCCCCCCCCCCCCCCCCCCCCCCCCC)OC(=O)CCCCCCCCC/C=C\CCCCCCCCC. The van der Waals surface area contributed by atoms with Gasteiger partial charge in [-0.3, -0.25) is 14.4 Å². The van der Waals surface area contributed by atoms with E-state index >= 15 is 0 Å². The number of allylic oxidation sites excluding steroid dienone is 4. The molecule has 0 spiro atoms. The molecular formula is C72H136O6. The van der Waals surface area contributed by atoms with Gasteiger partial charge in [0.15, 0.2) is 6.10 Å². The Morgan fingerprint density at radius 2 is 0.423 bits per heavy atom. The lowest BCUT2D eigenvalue weighted by atomic mass is 10.0. The average Bonchev–Trinajstić information content (AvgIpc) is 3.44. The first-order chi connectivity index (χ1) is 38.5. The minimum Gasteiger partial charge on any atom is -0.462 e. The van der Waals surface area contributed by atoms with Gasteiger partial charge in [-0.25, -0.2) is 0 Å². The van der Waals surface area contributed by atoms with Crippen LogP contribution in [0.15, 0.2) is 24.3 Å². The molecule has 0 aromatic carbocycles. The molecule has 0 aromatic heterocycles. The number of ether oxygens (including phenoxy) is 3. The van der Waals surface area contributed by atoms with Crippen LogP contribution < -0.4 is 0 Å². The first kappa shape index (κ1) is 75.9. The third-order valence-corrected chi connectivity index (χ3v) is 16.2. The summed E-state index contributed by atoms with van der Waals surface area (Å²) in [7, 11) is 0. The lowest BCUT2D eigenvalue weighted by molar-refractivity contribution is -0.167. The Kier molecular flexibility index (Phi) is 65.6. The van der Waals surface area contributed by atoms with Gasteiger partial charge in [0.1, 0.15) is 13.2 Å². The van der Waals surface area contributed by atoms with Crippen LogP contribution in [0.25, 0.3) is 0 Å². The van der Waals surface area contributed by atoms with Crippen LogP contribution in [0, 0.1) is 0 Å². The number of carbonyl (C=O) groups excluding carboxylic acids is 3. The van der Waals surface area contributed by atoms with Gasteiger partial charge in [-0.2, -0.15) is 0 Å². The molecule has 1 atom stereocenters. The number of rotatable bonds is 66. The van der Waals surface area contributed by atoms with Crippen molar-refractivity contribution >= 4 is 17.9 Å². The molecule has 6 nitrogen and oxygen atoms in total. The highest BCUT2D eigenvalue weighted by Gasteiger charge is 2.19. The van der Waals surface area contributed by atoms with E-state index in [9.17, 15) is 14.4 Å². The van der Waals surface area contributed by atoms with Crippen molar-refractivity contribution in [3.05, 3.63) is 24.3 Å². The zero-order valence-corrected chi connectivity index (χ0v) is 53.0. The number of carbonyl (C=O) groups is 3. The highest BCUT2D eigenvalue weighted by Crippen LogP contribution is 2.19. The highest BCUT2D eigenvalue weighted by atomic mass is 16.6. The fourth-order valence-corrected chi connectivity index (χ4v) is 10.8. The van der Waals surface area contributed by atoms with Crippen LogP contribution in [0.3, 0.4) is 0 Å². The standard InChI is InChI=1S/C72H136O6/c1-4-7-10-13-16-19-22-25-27-29-31-32-33-34-35-36-37-38-39-40-41-43-44-47-50-53-56-59-62-65-71(74)77-68-69(67-76-70(73)64-61-58-55-52-49-46-24-21-18-15-12-9-6-3)78-72(75)66-63-60-57-54-51-48-45-42-30-28-26-23-20-17-14-11-8-5-2/h21,24,28,30,69H,4-20,22-23,25-27,29,31-68H2,1-3H3/b24-21-,30-28-. The van der Waals surface area contributed by atoms with E-state index in [1.54, 1.807) is 0 Å². The van der Waals surface area contributed by atoms with E-state index in [-0.39, 0.29) is 31.1 Å². The summed E-state index contributed by atoms with van der Waals surface area (Å²) in [5, 5.41) is 0. The zero-order chi connectivity index (χ0) is 56.4. The van der Waals surface area contributed by atoms with Gasteiger partial charge in [0.05, 0.1) is 0 Å². The van der Waals surface area contributed by atoms with E-state index < -0.39 is 6.10 Å². The molecule has 0 saturated carbocycles. The van der Waals surface area contributed by atoms with E-state index in [0.29, 0.717) is 19.3 Å². The molecule has 78 heavy (non-hydrogen) atoms. The van der Waals surface area contributed by atoms with E-state index in [1.807, 2.05) is 0 Å². The zero-order valence-electron chi connectivity index (χ0n) is 53.0. The molecule has 0 rings (SSSR count).